The maximum absolute atomic E-state index is 12.3. The monoisotopic (exact) mass is 377 g/mol. The van der Waals surface area contributed by atoms with Gasteiger partial charge < -0.3 is 20.9 Å². The molecule has 0 radical (unpaired) electrons. The van der Waals surface area contributed by atoms with Crippen LogP contribution in [0.15, 0.2) is 48.7 Å². The molecule has 1 fully saturated rings. The highest BCUT2D eigenvalue weighted by Gasteiger charge is 2.27. The fourth-order valence-corrected chi connectivity index (χ4v) is 3.47. The van der Waals surface area contributed by atoms with Crippen LogP contribution < -0.4 is 21.3 Å². The summed E-state index contributed by atoms with van der Waals surface area (Å²) in [6.45, 7) is 4.14. The molecule has 0 aromatic heterocycles. The summed E-state index contributed by atoms with van der Waals surface area (Å²) in [6.07, 6.45) is 1.62. The largest absolute Gasteiger partial charge is 0.399 e. The molecule has 7 nitrogen and oxygen atoms in total. The van der Waals surface area contributed by atoms with Crippen LogP contribution in [0.25, 0.3) is 5.57 Å². The van der Waals surface area contributed by atoms with Gasteiger partial charge in [-0.1, -0.05) is 0 Å². The molecule has 0 aliphatic carbocycles. The molecule has 0 spiro atoms. The van der Waals surface area contributed by atoms with E-state index in [-0.39, 0.29) is 0 Å². The molecule has 2 aromatic rings. The Labute approximate surface area is 163 Å². The molecule has 2 aliphatic heterocycles. The minimum Gasteiger partial charge on any atom is -0.399 e. The quantitative estimate of drug-likeness (QED) is 0.429. The highest BCUT2D eigenvalue weighted by molar-refractivity contribution is 6.31. The summed E-state index contributed by atoms with van der Waals surface area (Å²) in [7, 11) is 2.14. The van der Waals surface area contributed by atoms with Gasteiger partial charge in [0.15, 0.2) is 0 Å². The van der Waals surface area contributed by atoms with Crippen molar-refractivity contribution >= 4 is 34.4 Å². The third kappa shape index (κ3) is 3.57. The van der Waals surface area contributed by atoms with Gasteiger partial charge in [0.25, 0.3) is 11.8 Å². The number of rotatable bonds is 3. The SMILES string of the molecule is CN1CCN(c2ccc(N/C=C3\C(=O)NC(=O)c4ccc(N)cc43)cc2)CC1. The van der Waals surface area contributed by atoms with Crippen molar-refractivity contribution in [1.29, 1.82) is 0 Å². The lowest BCUT2D eigenvalue weighted by molar-refractivity contribution is -0.114. The zero-order chi connectivity index (χ0) is 19.7. The summed E-state index contributed by atoms with van der Waals surface area (Å²) in [5, 5.41) is 5.51. The van der Waals surface area contributed by atoms with Crippen LogP contribution in [-0.2, 0) is 4.79 Å². The van der Waals surface area contributed by atoms with E-state index in [0.29, 0.717) is 22.4 Å². The lowest BCUT2D eigenvalue weighted by Gasteiger charge is -2.34. The van der Waals surface area contributed by atoms with Gasteiger partial charge in [-0.25, -0.2) is 0 Å². The molecule has 4 N–H and O–H groups in total. The molecule has 144 valence electrons. The third-order valence-electron chi connectivity index (χ3n) is 5.17. The first-order chi connectivity index (χ1) is 13.5. The van der Waals surface area contributed by atoms with E-state index in [9.17, 15) is 9.59 Å². The number of benzene rings is 2. The summed E-state index contributed by atoms with van der Waals surface area (Å²) in [5.74, 6) is -0.849. The van der Waals surface area contributed by atoms with E-state index < -0.39 is 11.8 Å². The fourth-order valence-electron chi connectivity index (χ4n) is 3.47. The van der Waals surface area contributed by atoms with Gasteiger partial charge in [-0.15, -0.1) is 0 Å². The second-order valence-corrected chi connectivity index (χ2v) is 7.13. The number of nitrogens with zero attached hydrogens (tertiary/aromatic N) is 2. The van der Waals surface area contributed by atoms with Crippen LogP contribution in [0.5, 0.6) is 0 Å². The first kappa shape index (κ1) is 18.1. The highest BCUT2D eigenvalue weighted by Crippen LogP contribution is 2.27. The molecule has 2 aromatic carbocycles. The molecule has 2 aliphatic rings. The minimum absolute atomic E-state index is 0.380. The van der Waals surface area contributed by atoms with E-state index in [1.807, 2.05) is 12.1 Å². The van der Waals surface area contributed by atoms with Crippen molar-refractivity contribution in [2.75, 3.05) is 49.2 Å². The molecule has 4 rings (SSSR count). The van der Waals surface area contributed by atoms with Crippen LogP contribution in [-0.4, -0.2) is 49.9 Å². The molecular weight excluding hydrogens is 354 g/mol. The van der Waals surface area contributed by atoms with Crippen LogP contribution >= 0.6 is 0 Å². The first-order valence-electron chi connectivity index (χ1n) is 9.27. The second kappa shape index (κ2) is 7.36. The Morgan fingerprint density at radius 2 is 1.68 bits per heavy atom. The topological polar surface area (TPSA) is 90.7 Å². The van der Waals surface area contributed by atoms with Gasteiger partial charge >= 0.3 is 0 Å². The van der Waals surface area contributed by atoms with Crippen LogP contribution in [0, 0.1) is 0 Å². The lowest BCUT2D eigenvalue weighted by Crippen LogP contribution is -2.44. The van der Waals surface area contributed by atoms with Crippen molar-refractivity contribution in [3.8, 4) is 0 Å². The van der Waals surface area contributed by atoms with Crippen molar-refractivity contribution in [2.45, 2.75) is 0 Å². The number of carbonyl (C=O) groups excluding carboxylic acids is 2. The molecule has 28 heavy (non-hydrogen) atoms. The zero-order valence-electron chi connectivity index (χ0n) is 15.7. The number of nitrogens with two attached hydrogens (primary N) is 1. The van der Waals surface area contributed by atoms with Crippen LogP contribution in [0.2, 0.25) is 0 Å². The predicted octanol–water partition coefficient (Wildman–Crippen LogP) is 1.74. The Bertz CT molecular complexity index is 944. The predicted molar refractivity (Wildman–Crippen MR) is 111 cm³/mol. The number of fused-ring (bicyclic) bond motifs is 1. The number of likely N-dealkylation sites (N-methyl/N-ethyl adjacent to an activating group) is 1. The average Bonchev–Trinajstić information content (AvgIpc) is 2.68. The van der Waals surface area contributed by atoms with E-state index in [1.165, 1.54) is 5.69 Å². The Hall–Kier alpha value is -3.32. The highest BCUT2D eigenvalue weighted by atomic mass is 16.2. The molecule has 2 amide bonds. The van der Waals surface area contributed by atoms with Gasteiger partial charge in [-0.2, -0.15) is 0 Å². The number of nitrogen functional groups attached to an aromatic ring is 1. The molecule has 7 heteroatoms. The van der Waals surface area contributed by atoms with E-state index in [1.54, 1.807) is 24.4 Å². The number of carbonyl (C=O) groups is 2. The Morgan fingerprint density at radius 1 is 0.964 bits per heavy atom. The summed E-state index contributed by atoms with van der Waals surface area (Å²) in [4.78, 5) is 29.0. The van der Waals surface area contributed by atoms with Gasteiger partial charge in [0, 0.05) is 60.6 Å². The maximum Gasteiger partial charge on any atom is 0.260 e. The first-order valence-corrected chi connectivity index (χ1v) is 9.27. The molecule has 0 saturated carbocycles. The van der Waals surface area contributed by atoms with Gasteiger partial charge in [0.05, 0.1) is 5.57 Å². The van der Waals surface area contributed by atoms with Gasteiger partial charge in [0.1, 0.15) is 0 Å². The molecule has 0 unspecified atom stereocenters. The lowest BCUT2D eigenvalue weighted by atomic mass is 9.95. The minimum atomic E-state index is -0.440. The molecule has 0 bridgehead atoms. The van der Waals surface area contributed by atoms with Crippen LogP contribution in [0.4, 0.5) is 17.1 Å². The standard InChI is InChI=1S/C21H23N5O2/c1-25-8-10-26(11-9-25)16-5-3-15(4-6-16)23-13-19-18-12-14(22)2-7-17(18)20(27)24-21(19)28/h2-7,12-13,23H,8-11,22H2,1H3,(H,24,27,28)/b19-13-. The average molecular weight is 377 g/mol. The Balaban J connectivity index is 1.53. The van der Waals surface area contributed by atoms with Crippen molar-refractivity contribution in [2.24, 2.45) is 0 Å². The summed E-state index contributed by atoms with van der Waals surface area (Å²) < 4.78 is 0. The molecule has 2 heterocycles. The van der Waals surface area contributed by atoms with E-state index in [4.69, 9.17) is 5.73 Å². The van der Waals surface area contributed by atoms with Gasteiger partial charge in [0.2, 0.25) is 0 Å². The Morgan fingerprint density at radius 3 is 2.39 bits per heavy atom. The van der Waals surface area contributed by atoms with Crippen LogP contribution in [0.1, 0.15) is 15.9 Å². The van der Waals surface area contributed by atoms with Crippen molar-refractivity contribution in [3.63, 3.8) is 0 Å². The van der Waals surface area contributed by atoms with Crippen molar-refractivity contribution in [1.82, 2.24) is 10.2 Å². The summed E-state index contributed by atoms with van der Waals surface area (Å²) in [6, 6.07) is 13.0. The zero-order valence-corrected chi connectivity index (χ0v) is 15.7. The molecular formula is C21H23N5O2. The van der Waals surface area contributed by atoms with Gasteiger partial charge in [-0.3, -0.25) is 14.9 Å². The summed E-state index contributed by atoms with van der Waals surface area (Å²) in [5.41, 5.74) is 9.74. The maximum atomic E-state index is 12.3. The number of piperazine rings is 1. The molecule has 0 atom stereocenters. The summed E-state index contributed by atoms with van der Waals surface area (Å²) >= 11 is 0. The smallest absolute Gasteiger partial charge is 0.260 e. The number of hydrogen-bond acceptors (Lipinski definition) is 6. The van der Waals surface area contributed by atoms with Crippen LogP contribution in [0.3, 0.4) is 0 Å². The van der Waals surface area contributed by atoms with Gasteiger partial charge in [-0.05, 0) is 49.5 Å². The fraction of sp³-hybridized carbons (Fsp3) is 0.238. The van der Waals surface area contributed by atoms with E-state index in [0.717, 1.165) is 31.9 Å². The third-order valence-corrected chi connectivity index (χ3v) is 5.17. The molecule has 1 saturated heterocycles. The number of anilines is 3. The second-order valence-electron chi connectivity index (χ2n) is 7.13. The number of imide groups is 1. The normalized spacial score (nSPS) is 18.8. The number of amides is 2. The number of nitrogens with one attached hydrogen (secondary N) is 2. The Kier molecular flexibility index (Phi) is 4.75. The van der Waals surface area contributed by atoms with E-state index in [2.05, 4.69) is 39.6 Å². The number of hydrogen-bond donors (Lipinski definition) is 3. The van der Waals surface area contributed by atoms with E-state index >= 15 is 0 Å². The van der Waals surface area contributed by atoms with Crippen molar-refractivity contribution in [3.05, 3.63) is 59.8 Å². The van der Waals surface area contributed by atoms with Crippen molar-refractivity contribution < 1.29 is 9.59 Å².